The van der Waals surface area contributed by atoms with Crippen molar-refractivity contribution in [1.29, 1.82) is 0 Å². The van der Waals surface area contributed by atoms with Gasteiger partial charge in [-0.05, 0) is 74.4 Å². The van der Waals surface area contributed by atoms with E-state index in [1.165, 1.54) is 32.8 Å². The molecule has 0 spiro atoms. The number of rotatable bonds is 10. The number of carbonyl (C=O) groups is 5. The second kappa shape index (κ2) is 18.9. The lowest BCUT2D eigenvalue weighted by Gasteiger charge is -2.47. The van der Waals surface area contributed by atoms with Gasteiger partial charge < -0.3 is 47.7 Å². The molecule has 3 aliphatic heterocycles. The van der Waals surface area contributed by atoms with Crippen LogP contribution in [-0.4, -0.2) is 139 Å². The van der Waals surface area contributed by atoms with Crippen molar-refractivity contribution >= 4 is 35.4 Å². The number of aliphatic hydroxyl groups is 1. The number of hydrogen-bond donors (Lipinski definition) is 2. The van der Waals surface area contributed by atoms with Gasteiger partial charge in [-0.1, -0.05) is 27.7 Å². The number of nitrogens with one attached hydrogen (secondary N) is 1. The molecule has 13 atom stereocenters. The van der Waals surface area contributed by atoms with E-state index in [1.54, 1.807) is 53.6 Å². The highest BCUT2D eigenvalue weighted by molar-refractivity contribution is 6.08. The van der Waals surface area contributed by atoms with Crippen molar-refractivity contribution in [2.24, 2.45) is 17.8 Å². The molecule has 2 N–H and O–H groups in total. The topological polar surface area (TPSA) is 193 Å². The van der Waals surface area contributed by atoms with Gasteiger partial charge in [0.1, 0.15) is 18.0 Å². The Morgan fingerprint density at radius 3 is 2.30 bits per heavy atom. The molecular weight excluding hydrogens is 818 g/mol. The third kappa shape index (κ3) is 10.2. The van der Waals surface area contributed by atoms with Crippen LogP contribution in [0.15, 0.2) is 10.7 Å². The van der Waals surface area contributed by atoms with Gasteiger partial charge in [-0.2, -0.15) is 13.2 Å². The second-order valence-corrected chi connectivity index (χ2v) is 17.3. The zero-order chi connectivity index (χ0) is 46.2. The Bertz CT molecular complexity index is 1770. The SMILES string of the molecule is CC[C@H]1OC(=O)[C@@](C)(F)C(=O)[C@H](C)[C@@H](O[C@@H]2O[C@H](C)C[C@H](N(C)C)[C@H]2O)[C@](C)(OC)C[C@@H](C)C(=O)[C@H](C)[C@H]2N(CCCOC(=O)Nc3c(C)coc3C(F)(F)F)C(=O)O[C@]12C. The first kappa shape index (κ1) is 49.8. The lowest BCUT2D eigenvalue weighted by molar-refractivity contribution is -0.295. The molecule has 3 fully saturated rings. The van der Waals surface area contributed by atoms with Crippen LogP contribution in [0.1, 0.15) is 92.4 Å². The average Bonchev–Trinajstić information content (AvgIpc) is 3.68. The number of halogens is 4. The molecule has 20 heteroatoms. The largest absolute Gasteiger partial charge is 0.457 e. The molecular formula is C41H61F4N3O13. The Labute approximate surface area is 353 Å². The zero-order valence-corrected chi connectivity index (χ0v) is 36.8. The van der Waals surface area contributed by atoms with Gasteiger partial charge in [0.15, 0.2) is 17.7 Å². The quantitative estimate of drug-likeness (QED) is 0.0936. The number of nitrogens with zero attached hydrogens (tertiary/aromatic N) is 2. The van der Waals surface area contributed by atoms with Crippen LogP contribution >= 0.6 is 0 Å². The van der Waals surface area contributed by atoms with Gasteiger partial charge in [-0.3, -0.25) is 14.9 Å². The van der Waals surface area contributed by atoms with Crippen LogP contribution < -0.4 is 5.32 Å². The van der Waals surface area contributed by atoms with Gasteiger partial charge in [0.2, 0.25) is 5.76 Å². The minimum Gasteiger partial charge on any atom is -0.457 e. The molecule has 16 nitrogen and oxygen atoms in total. The molecule has 0 unspecified atom stereocenters. The number of esters is 1. The Balaban J connectivity index is 1.68. The monoisotopic (exact) mass is 879 g/mol. The third-order valence-electron chi connectivity index (χ3n) is 12.4. The van der Waals surface area contributed by atoms with E-state index in [-0.39, 0.29) is 31.4 Å². The number of Topliss-reactive ketones (excluding diaryl/α,β-unsaturated/α-hetero) is 2. The molecule has 4 rings (SSSR count). The van der Waals surface area contributed by atoms with Gasteiger partial charge in [-0.15, -0.1) is 0 Å². The number of alkyl halides is 4. The van der Waals surface area contributed by atoms with Gasteiger partial charge in [0.25, 0.3) is 5.67 Å². The number of carbonyl (C=O) groups excluding carboxylic acids is 5. The van der Waals surface area contributed by atoms with E-state index in [0.29, 0.717) is 6.42 Å². The Hall–Kier alpha value is -3.85. The second-order valence-electron chi connectivity index (χ2n) is 17.3. The van der Waals surface area contributed by atoms with Crippen LogP contribution in [0.4, 0.5) is 32.8 Å². The standard InChI is InChI=1S/C41H61F4N3O13/c1-13-26-40(9)30(48(37(54)61-40)15-14-16-56-36(53)46-27-21(3)19-57-33(27)41(43,44)45)23(5)28(49)20(2)18-38(7,55-12)32(24(6)31(51)39(8,42)35(52)59-26)60-34-29(50)25(47(10)11)17-22(4)58-34/h19-20,22-26,29-30,32,34,50H,13-18H2,1-12H3,(H,46,53)/t20-,22-,23+,24+,25+,26-,29-,30-,32-,34+,38-,39+,40-/m1/s1. The predicted octanol–water partition coefficient (Wildman–Crippen LogP) is 5.84. The van der Waals surface area contributed by atoms with Crippen molar-refractivity contribution in [2.45, 2.75) is 154 Å². The van der Waals surface area contributed by atoms with Crippen LogP contribution in [0.5, 0.6) is 0 Å². The number of ketones is 2. The summed E-state index contributed by atoms with van der Waals surface area (Å²) in [5.74, 6) is -8.01. The maximum absolute atomic E-state index is 16.8. The minimum absolute atomic E-state index is 0.00175. The van der Waals surface area contributed by atoms with Crippen molar-refractivity contribution in [2.75, 3.05) is 39.7 Å². The van der Waals surface area contributed by atoms with Crippen molar-refractivity contribution in [1.82, 2.24) is 9.80 Å². The summed E-state index contributed by atoms with van der Waals surface area (Å²) in [6.07, 6.45) is -11.8. The highest BCUT2D eigenvalue weighted by Gasteiger charge is 2.62. The highest BCUT2D eigenvalue weighted by atomic mass is 19.4. The van der Waals surface area contributed by atoms with Crippen LogP contribution in [0.25, 0.3) is 0 Å². The number of methoxy groups -OCH3 is 1. The van der Waals surface area contributed by atoms with Gasteiger partial charge in [0, 0.05) is 43.0 Å². The fraction of sp³-hybridized carbons (Fsp3) is 0.780. The Morgan fingerprint density at radius 2 is 1.72 bits per heavy atom. The van der Waals surface area contributed by atoms with E-state index < -0.39 is 131 Å². The summed E-state index contributed by atoms with van der Waals surface area (Å²) in [7, 11) is 4.88. The maximum atomic E-state index is 16.8. The van der Waals surface area contributed by atoms with Crippen molar-refractivity contribution < 1.29 is 79.5 Å². The summed E-state index contributed by atoms with van der Waals surface area (Å²) in [5.41, 5.74) is -7.25. The number of hydrogen-bond acceptors (Lipinski definition) is 14. The first-order chi connectivity index (χ1) is 28.2. The van der Waals surface area contributed by atoms with E-state index in [0.717, 1.165) is 13.2 Å². The van der Waals surface area contributed by atoms with E-state index in [2.05, 4.69) is 4.42 Å². The number of likely N-dealkylation sites (N-methyl/N-ethyl adjacent to an activating group) is 1. The number of aliphatic hydroxyl groups excluding tert-OH is 1. The summed E-state index contributed by atoms with van der Waals surface area (Å²) in [6, 6.07) is -1.60. The highest BCUT2D eigenvalue weighted by Crippen LogP contribution is 2.44. The first-order valence-electron chi connectivity index (χ1n) is 20.4. The van der Waals surface area contributed by atoms with Gasteiger partial charge in [-0.25, -0.2) is 18.8 Å². The van der Waals surface area contributed by atoms with Crippen LogP contribution in [0.3, 0.4) is 0 Å². The molecule has 346 valence electrons. The van der Waals surface area contributed by atoms with E-state index in [9.17, 15) is 42.3 Å². The summed E-state index contributed by atoms with van der Waals surface area (Å²) >= 11 is 0. The lowest BCUT2D eigenvalue weighted by atomic mass is 9.73. The maximum Gasteiger partial charge on any atom is 0.451 e. The fourth-order valence-electron chi connectivity index (χ4n) is 9.06. The summed E-state index contributed by atoms with van der Waals surface area (Å²) in [6.45, 7) is 12.4. The fourth-order valence-corrected chi connectivity index (χ4v) is 9.06. The third-order valence-corrected chi connectivity index (χ3v) is 12.4. The molecule has 0 saturated carbocycles. The number of furan rings is 1. The molecule has 0 bridgehead atoms. The molecule has 2 amide bonds. The molecule has 4 heterocycles. The van der Waals surface area contributed by atoms with Crippen molar-refractivity contribution in [3.8, 4) is 0 Å². The van der Waals surface area contributed by atoms with E-state index in [4.69, 9.17) is 28.4 Å². The lowest BCUT2D eigenvalue weighted by Crippen LogP contribution is -2.61. The van der Waals surface area contributed by atoms with Crippen LogP contribution in [0.2, 0.25) is 0 Å². The number of anilines is 1. The van der Waals surface area contributed by atoms with Crippen molar-refractivity contribution in [3.05, 3.63) is 17.6 Å². The molecule has 0 radical (unpaired) electrons. The number of ether oxygens (including phenoxy) is 6. The minimum atomic E-state index is -4.89. The average molecular weight is 880 g/mol. The predicted molar refractivity (Wildman–Crippen MR) is 208 cm³/mol. The van der Waals surface area contributed by atoms with Crippen molar-refractivity contribution in [3.63, 3.8) is 0 Å². The molecule has 3 aliphatic rings. The molecule has 0 aromatic carbocycles. The number of aryl methyl sites for hydroxylation is 1. The molecule has 0 aliphatic carbocycles. The Morgan fingerprint density at radius 1 is 1.08 bits per heavy atom. The number of fused-ring (bicyclic) bond motifs is 1. The molecule has 1 aromatic rings. The summed E-state index contributed by atoms with van der Waals surface area (Å²) in [5, 5.41) is 13.4. The smallest absolute Gasteiger partial charge is 0.451 e. The normalized spacial score (nSPS) is 36.9. The summed E-state index contributed by atoms with van der Waals surface area (Å²) in [4.78, 5) is 71.9. The first-order valence-corrected chi connectivity index (χ1v) is 20.4. The van der Waals surface area contributed by atoms with Gasteiger partial charge in [0.05, 0.1) is 42.4 Å². The number of cyclic esters (lactones) is 1. The molecule has 61 heavy (non-hydrogen) atoms. The van der Waals surface area contributed by atoms with Gasteiger partial charge >= 0.3 is 24.3 Å². The van der Waals surface area contributed by atoms with E-state index in [1.807, 2.05) is 5.32 Å². The van der Waals surface area contributed by atoms with Crippen LogP contribution in [0, 0.1) is 24.7 Å². The zero-order valence-electron chi connectivity index (χ0n) is 36.8. The molecule has 1 aromatic heterocycles. The number of amides is 2. The van der Waals surface area contributed by atoms with Crippen LogP contribution in [-0.2, 0) is 49.0 Å². The Kier molecular flexibility index (Phi) is 15.4. The summed E-state index contributed by atoms with van der Waals surface area (Å²) < 4.78 is 96.7. The van der Waals surface area contributed by atoms with E-state index >= 15 is 4.39 Å². The molecule has 3 saturated heterocycles.